The summed E-state index contributed by atoms with van der Waals surface area (Å²) in [5.74, 6) is 0.632. The Morgan fingerprint density at radius 3 is 2.74 bits per heavy atom. The van der Waals surface area contributed by atoms with Crippen molar-refractivity contribution in [2.75, 3.05) is 11.9 Å². The Bertz CT molecular complexity index is 1280. The number of pyridine rings is 1. The summed E-state index contributed by atoms with van der Waals surface area (Å²) in [6.07, 6.45) is 7.17. The summed E-state index contributed by atoms with van der Waals surface area (Å²) in [6.45, 7) is 1.39. The molecule has 2 aromatic heterocycles. The van der Waals surface area contributed by atoms with Crippen LogP contribution in [0, 0.1) is 0 Å². The molecule has 4 aromatic rings. The zero-order valence-electron chi connectivity index (χ0n) is 18.6. The standard InChI is InChI=1S/C27H24ClN5O/c28-22-6-1-5-21(16-22)26-30-14-12-24(32-26)25-7-3-15-33(25)27(34)20-8-10-23(11-9-20)31-18-19-4-2-13-29-17-19/h1-2,4-6,8-14,16-17,25,31H,3,7,15,18H2. The van der Waals surface area contributed by atoms with Crippen LogP contribution < -0.4 is 5.32 Å². The molecule has 0 saturated carbocycles. The van der Waals surface area contributed by atoms with Gasteiger partial charge in [0.25, 0.3) is 5.91 Å². The number of nitrogens with zero attached hydrogens (tertiary/aromatic N) is 4. The average Bonchev–Trinajstić information content (AvgIpc) is 3.38. The molecular weight excluding hydrogens is 446 g/mol. The highest BCUT2D eigenvalue weighted by Gasteiger charge is 2.31. The van der Waals surface area contributed by atoms with Crippen LogP contribution in [0.15, 0.2) is 85.3 Å². The van der Waals surface area contributed by atoms with E-state index in [1.54, 1.807) is 12.4 Å². The molecule has 1 atom stereocenters. The molecule has 2 aromatic carbocycles. The fourth-order valence-electron chi connectivity index (χ4n) is 4.25. The van der Waals surface area contributed by atoms with Crippen molar-refractivity contribution in [2.45, 2.75) is 25.4 Å². The molecule has 1 aliphatic rings. The lowest BCUT2D eigenvalue weighted by Crippen LogP contribution is -2.31. The Hall–Kier alpha value is -3.77. The van der Waals surface area contributed by atoms with E-state index in [2.05, 4.69) is 15.3 Å². The number of carbonyl (C=O) groups excluding carboxylic acids is 1. The number of carbonyl (C=O) groups is 1. The van der Waals surface area contributed by atoms with E-state index in [1.807, 2.05) is 77.8 Å². The first-order valence-corrected chi connectivity index (χ1v) is 11.7. The highest BCUT2D eigenvalue weighted by Crippen LogP contribution is 2.33. The van der Waals surface area contributed by atoms with Gasteiger partial charge in [-0.3, -0.25) is 9.78 Å². The third-order valence-corrected chi connectivity index (χ3v) is 6.20. The van der Waals surface area contributed by atoms with Crippen molar-refractivity contribution in [3.05, 3.63) is 107 Å². The monoisotopic (exact) mass is 469 g/mol. The Morgan fingerprint density at radius 1 is 1.06 bits per heavy atom. The molecule has 1 fully saturated rings. The number of amides is 1. The summed E-state index contributed by atoms with van der Waals surface area (Å²) in [6, 6.07) is 20.9. The van der Waals surface area contributed by atoms with E-state index < -0.39 is 0 Å². The van der Waals surface area contributed by atoms with Gasteiger partial charge in [-0.05, 0) is 66.9 Å². The predicted octanol–water partition coefficient (Wildman–Crippen LogP) is 5.78. The smallest absolute Gasteiger partial charge is 0.254 e. The van der Waals surface area contributed by atoms with Crippen LogP contribution in [-0.4, -0.2) is 32.3 Å². The van der Waals surface area contributed by atoms with Crippen molar-refractivity contribution in [3.8, 4) is 11.4 Å². The molecule has 34 heavy (non-hydrogen) atoms. The zero-order valence-corrected chi connectivity index (χ0v) is 19.3. The maximum atomic E-state index is 13.4. The Balaban J connectivity index is 1.30. The lowest BCUT2D eigenvalue weighted by atomic mass is 10.1. The second-order valence-electron chi connectivity index (χ2n) is 8.26. The largest absolute Gasteiger partial charge is 0.381 e. The Labute approximate surface area is 203 Å². The van der Waals surface area contributed by atoms with E-state index in [0.29, 0.717) is 29.5 Å². The molecule has 1 N–H and O–H groups in total. The van der Waals surface area contributed by atoms with Crippen LogP contribution in [0.1, 0.15) is 40.5 Å². The minimum atomic E-state index is -0.0724. The molecule has 0 spiro atoms. The SMILES string of the molecule is O=C(c1ccc(NCc2cccnc2)cc1)N1CCCC1c1ccnc(-c2cccc(Cl)c2)n1. The fourth-order valence-corrected chi connectivity index (χ4v) is 4.44. The van der Waals surface area contributed by atoms with Gasteiger partial charge < -0.3 is 10.2 Å². The summed E-state index contributed by atoms with van der Waals surface area (Å²) in [5.41, 5.74) is 4.44. The number of hydrogen-bond acceptors (Lipinski definition) is 5. The van der Waals surface area contributed by atoms with E-state index >= 15 is 0 Å². The summed E-state index contributed by atoms with van der Waals surface area (Å²) in [5, 5.41) is 4.01. The Kier molecular flexibility index (Phi) is 6.49. The van der Waals surface area contributed by atoms with Crippen LogP contribution in [-0.2, 0) is 6.54 Å². The maximum absolute atomic E-state index is 13.4. The zero-order chi connectivity index (χ0) is 23.3. The number of likely N-dealkylation sites (tertiary alicyclic amines) is 1. The summed E-state index contributed by atoms with van der Waals surface area (Å²) < 4.78 is 0. The number of halogens is 1. The van der Waals surface area contributed by atoms with Crippen molar-refractivity contribution in [1.82, 2.24) is 19.9 Å². The number of anilines is 1. The second kappa shape index (κ2) is 10.0. The van der Waals surface area contributed by atoms with Gasteiger partial charge in [0, 0.05) is 53.5 Å². The quantitative estimate of drug-likeness (QED) is 0.387. The molecule has 1 amide bonds. The van der Waals surface area contributed by atoms with Gasteiger partial charge in [-0.2, -0.15) is 0 Å². The first-order valence-electron chi connectivity index (χ1n) is 11.3. The average molecular weight is 470 g/mol. The van der Waals surface area contributed by atoms with E-state index in [1.165, 1.54) is 0 Å². The molecule has 3 heterocycles. The molecule has 1 unspecified atom stereocenters. The predicted molar refractivity (Wildman–Crippen MR) is 133 cm³/mol. The molecule has 0 radical (unpaired) electrons. The fraction of sp³-hybridized carbons (Fsp3) is 0.185. The minimum absolute atomic E-state index is 0.0178. The van der Waals surface area contributed by atoms with Gasteiger partial charge in [0.05, 0.1) is 11.7 Å². The molecule has 5 rings (SSSR count). The summed E-state index contributed by atoms with van der Waals surface area (Å²) in [7, 11) is 0. The molecule has 1 aliphatic heterocycles. The van der Waals surface area contributed by atoms with E-state index in [9.17, 15) is 4.79 Å². The van der Waals surface area contributed by atoms with E-state index in [-0.39, 0.29) is 11.9 Å². The van der Waals surface area contributed by atoms with E-state index in [4.69, 9.17) is 16.6 Å². The van der Waals surface area contributed by atoms with Crippen molar-refractivity contribution < 1.29 is 4.79 Å². The van der Waals surface area contributed by atoms with Crippen molar-refractivity contribution in [1.29, 1.82) is 0 Å². The Morgan fingerprint density at radius 2 is 1.94 bits per heavy atom. The van der Waals surface area contributed by atoms with Crippen LogP contribution in [0.4, 0.5) is 5.69 Å². The van der Waals surface area contributed by atoms with Gasteiger partial charge in [0.1, 0.15) is 0 Å². The van der Waals surface area contributed by atoms with E-state index in [0.717, 1.165) is 35.3 Å². The molecular formula is C27H24ClN5O. The molecule has 0 bridgehead atoms. The number of benzene rings is 2. The molecule has 170 valence electrons. The summed E-state index contributed by atoms with van der Waals surface area (Å²) in [4.78, 5) is 28.6. The number of aromatic nitrogens is 3. The third kappa shape index (κ3) is 4.92. The minimum Gasteiger partial charge on any atom is -0.381 e. The lowest BCUT2D eigenvalue weighted by molar-refractivity contribution is 0.0733. The normalized spacial score (nSPS) is 15.3. The highest BCUT2D eigenvalue weighted by molar-refractivity contribution is 6.30. The molecule has 6 nitrogen and oxygen atoms in total. The van der Waals surface area contributed by atoms with Gasteiger partial charge in [-0.25, -0.2) is 9.97 Å². The van der Waals surface area contributed by atoms with Gasteiger partial charge in [0.2, 0.25) is 0 Å². The molecule has 7 heteroatoms. The van der Waals surface area contributed by atoms with Crippen molar-refractivity contribution in [2.24, 2.45) is 0 Å². The second-order valence-corrected chi connectivity index (χ2v) is 8.70. The van der Waals surface area contributed by atoms with Gasteiger partial charge in [-0.1, -0.05) is 29.8 Å². The van der Waals surface area contributed by atoms with Crippen LogP contribution in [0.25, 0.3) is 11.4 Å². The van der Waals surface area contributed by atoms with Crippen molar-refractivity contribution in [3.63, 3.8) is 0 Å². The van der Waals surface area contributed by atoms with Gasteiger partial charge in [-0.15, -0.1) is 0 Å². The lowest BCUT2D eigenvalue weighted by Gasteiger charge is -2.24. The topological polar surface area (TPSA) is 71.0 Å². The van der Waals surface area contributed by atoms with Crippen LogP contribution in [0.3, 0.4) is 0 Å². The van der Waals surface area contributed by atoms with Crippen molar-refractivity contribution >= 4 is 23.2 Å². The van der Waals surface area contributed by atoms with Crippen LogP contribution in [0.2, 0.25) is 5.02 Å². The van der Waals surface area contributed by atoms with Gasteiger partial charge in [0.15, 0.2) is 5.82 Å². The van der Waals surface area contributed by atoms with Crippen LogP contribution in [0.5, 0.6) is 0 Å². The number of rotatable bonds is 6. The van der Waals surface area contributed by atoms with Gasteiger partial charge >= 0.3 is 0 Å². The summed E-state index contributed by atoms with van der Waals surface area (Å²) >= 11 is 6.14. The molecule has 1 saturated heterocycles. The van der Waals surface area contributed by atoms with Crippen LogP contribution >= 0.6 is 11.6 Å². The maximum Gasteiger partial charge on any atom is 0.254 e. The number of nitrogens with one attached hydrogen (secondary N) is 1. The highest BCUT2D eigenvalue weighted by atomic mass is 35.5. The molecule has 0 aliphatic carbocycles. The first-order chi connectivity index (χ1) is 16.7. The number of hydrogen-bond donors (Lipinski definition) is 1. The third-order valence-electron chi connectivity index (χ3n) is 5.97. The first kappa shape index (κ1) is 22.0.